The standard InChI is InChI=1S/C17H9F6N5OS/c18-16(19,20)14-13(28-5-6-30-15(28)27-14)11-7-24-8-12(26-11)25-9-1-3-10(4-2-9)29-17(21,22)23/h1-8H,(H,25,26). The highest BCUT2D eigenvalue weighted by molar-refractivity contribution is 7.15. The molecule has 0 atom stereocenters. The third-order valence-corrected chi connectivity index (χ3v) is 4.52. The number of ether oxygens (including phenoxy) is 1. The van der Waals surface area contributed by atoms with Gasteiger partial charge in [0.25, 0.3) is 0 Å². The zero-order chi connectivity index (χ0) is 21.5. The van der Waals surface area contributed by atoms with Gasteiger partial charge in [-0.15, -0.1) is 24.5 Å². The first kappa shape index (κ1) is 19.9. The van der Waals surface area contributed by atoms with Crippen LogP contribution < -0.4 is 10.1 Å². The summed E-state index contributed by atoms with van der Waals surface area (Å²) in [5.74, 6) is -0.322. The fraction of sp³-hybridized carbons (Fsp3) is 0.118. The number of thiazole rings is 1. The number of hydrogen-bond acceptors (Lipinski definition) is 6. The van der Waals surface area contributed by atoms with Crippen molar-refractivity contribution in [3.63, 3.8) is 0 Å². The lowest BCUT2D eigenvalue weighted by Gasteiger charge is -2.11. The Hall–Kier alpha value is -3.35. The molecule has 0 spiro atoms. The molecular formula is C17H9F6N5OS. The lowest BCUT2D eigenvalue weighted by Crippen LogP contribution is -2.16. The van der Waals surface area contributed by atoms with Crippen LogP contribution in [0, 0.1) is 0 Å². The fourth-order valence-corrected chi connectivity index (χ4v) is 3.37. The van der Waals surface area contributed by atoms with Gasteiger partial charge in [0, 0.05) is 17.3 Å². The second kappa shape index (κ2) is 7.16. The topological polar surface area (TPSA) is 64.3 Å². The summed E-state index contributed by atoms with van der Waals surface area (Å²) in [4.78, 5) is 11.9. The van der Waals surface area contributed by atoms with Crippen LogP contribution in [-0.2, 0) is 6.18 Å². The van der Waals surface area contributed by atoms with Crippen molar-refractivity contribution < 1.29 is 31.1 Å². The minimum atomic E-state index is -4.82. The molecule has 6 nitrogen and oxygen atoms in total. The quantitative estimate of drug-likeness (QED) is 0.420. The van der Waals surface area contributed by atoms with Gasteiger partial charge >= 0.3 is 12.5 Å². The van der Waals surface area contributed by atoms with Gasteiger partial charge in [0.15, 0.2) is 10.7 Å². The van der Waals surface area contributed by atoms with E-state index in [1.54, 1.807) is 5.38 Å². The van der Waals surface area contributed by atoms with Gasteiger partial charge in [-0.2, -0.15) is 13.2 Å². The molecule has 30 heavy (non-hydrogen) atoms. The maximum absolute atomic E-state index is 13.4. The van der Waals surface area contributed by atoms with Gasteiger partial charge in [-0.05, 0) is 24.3 Å². The molecule has 4 rings (SSSR count). The third kappa shape index (κ3) is 4.15. The molecule has 0 saturated carbocycles. The summed E-state index contributed by atoms with van der Waals surface area (Å²) >= 11 is 1.04. The summed E-state index contributed by atoms with van der Waals surface area (Å²) < 4.78 is 82.0. The van der Waals surface area contributed by atoms with Crippen molar-refractivity contribution in [1.29, 1.82) is 0 Å². The van der Waals surface area contributed by atoms with Gasteiger partial charge in [-0.25, -0.2) is 9.97 Å². The van der Waals surface area contributed by atoms with Crippen LogP contribution in [0.5, 0.6) is 5.75 Å². The van der Waals surface area contributed by atoms with Gasteiger partial charge in [-0.3, -0.25) is 9.38 Å². The van der Waals surface area contributed by atoms with E-state index in [1.165, 1.54) is 35.1 Å². The number of hydrogen-bond donors (Lipinski definition) is 1. The zero-order valence-corrected chi connectivity index (χ0v) is 15.3. The van der Waals surface area contributed by atoms with Crippen LogP contribution in [0.1, 0.15) is 5.69 Å². The molecule has 1 aromatic carbocycles. The van der Waals surface area contributed by atoms with Crippen LogP contribution in [0.25, 0.3) is 16.3 Å². The molecule has 1 N–H and O–H groups in total. The summed E-state index contributed by atoms with van der Waals surface area (Å²) in [6.07, 6.45) is -5.63. The van der Waals surface area contributed by atoms with Crippen molar-refractivity contribution in [2.75, 3.05) is 5.32 Å². The summed E-state index contributed by atoms with van der Waals surface area (Å²) in [7, 11) is 0. The first-order valence-electron chi connectivity index (χ1n) is 8.08. The fourth-order valence-electron chi connectivity index (χ4n) is 2.66. The molecule has 0 radical (unpaired) electrons. The largest absolute Gasteiger partial charge is 0.573 e. The predicted molar refractivity (Wildman–Crippen MR) is 95.5 cm³/mol. The van der Waals surface area contributed by atoms with Gasteiger partial charge < -0.3 is 10.1 Å². The Bertz CT molecular complexity index is 1180. The molecule has 0 aliphatic rings. The highest BCUT2D eigenvalue weighted by atomic mass is 32.1. The highest BCUT2D eigenvalue weighted by Gasteiger charge is 2.39. The molecule has 0 bridgehead atoms. The maximum atomic E-state index is 13.4. The van der Waals surface area contributed by atoms with Crippen LogP contribution in [0.4, 0.5) is 37.8 Å². The van der Waals surface area contributed by atoms with E-state index in [4.69, 9.17) is 0 Å². The highest BCUT2D eigenvalue weighted by Crippen LogP contribution is 2.37. The molecular weight excluding hydrogens is 436 g/mol. The molecule has 3 aromatic heterocycles. The number of benzene rings is 1. The summed E-state index contributed by atoms with van der Waals surface area (Å²) in [6.45, 7) is 0. The van der Waals surface area contributed by atoms with E-state index in [0.717, 1.165) is 23.5 Å². The van der Waals surface area contributed by atoms with Gasteiger partial charge in [0.1, 0.15) is 23.0 Å². The zero-order valence-electron chi connectivity index (χ0n) is 14.5. The van der Waals surface area contributed by atoms with Crippen molar-refractivity contribution in [3.8, 4) is 17.1 Å². The Labute approximate surface area is 167 Å². The molecule has 3 heterocycles. The first-order chi connectivity index (χ1) is 14.1. The van der Waals surface area contributed by atoms with Crippen LogP contribution in [0.2, 0.25) is 0 Å². The molecule has 0 amide bonds. The summed E-state index contributed by atoms with van der Waals surface area (Å²) in [5, 5.41) is 4.37. The average Bonchev–Trinajstić information content (AvgIpc) is 3.23. The van der Waals surface area contributed by atoms with Gasteiger partial charge in [0.2, 0.25) is 0 Å². The third-order valence-electron chi connectivity index (χ3n) is 3.77. The van der Waals surface area contributed by atoms with E-state index in [1.807, 2.05) is 0 Å². The van der Waals surface area contributed by atoms with Crippen molar-refractivity contribution in [2.45, 2.75) is 12.5 Å². The van der Waals surface area contributed by atoms with Crippen LogP contribution in [0.15, 0.2) is 48.2 Å². The second-order valence-electron chi connectivity index (χ2n) is 5.85. The number of nitrogens with one attached hydrogen (secondary N) is 1. The maximum Gasteiger partial charge on any atom is 0.573 e. The van der Waals surface area contributed by atoms with Crippen LogP contribution in [0.3, 0.4) is 0 Å². The van der Waals surface area contributed by atoms with E-state index in [2.05, 4.69) is 25.0 Å². The Balaban J connectivity index is 1.64. The van der Waals surface area contributed by atoms with Crippen molar-refractivity contribution in [1.82, 2.24) is 19.4 Å². The monoisotopic (exact) mass is 445 g/mol. The molecule has 0 aliphatic carbocycles. The molecule has 0 saturated heterocycles. The van der Waals surface area contributed by atoms with Crippen molar-refractivity contribution >= 4 is 27.8 Å². The number of alkyl halides is 6. The minimum Gasteiger partial charge on any atom is -0.406 e. The molecule has 0 aliphatic heterocycles. The number of fused-ring (bicyclic) bond motifs is 1. The average molecular weight is 445 g/mol. The van der Waals surface area contributed by atoms with Gasteiger partial charge in [0.05, 0.1) is 12.4 Å². The number of aromatic nitrogens is 4. The van der Waals surface area contributed by atoms with Crippen LogP contribution in [-0.4, -0.2) is 25.7 Å². The normalized spacial score (nSPS) is 12.3. The first-order valence-corrected chi connectivity index (χ1v) is 8.96. The van der Waals surface area contributed by atoms with Crippen molar-refractivity contribution in [2.24, 2.45) is 0 Å². The molecule has 4 aromatic rings. The molecule has 0 fully saturated rings. The molecule has 156 valence electrons. The Morgan fingerprint density at radius 1 is 0.967 bits per heavy atom. The minimum absolute atomic E-state index is 0.0738. The van der Waals surface area contributed by atoms with E-state index in [9.17, 15) is 26.3 Å². The lowest BCUT2D eigenvalue weighted by atomic mass is 10.2. The summed E-state index contributed by atoms with van der Waals surface area (Å²) in [6, 6.07) is 4.76. The van der Waals surface area contributed by atoms with E-state index < -0.39 is 24.0 Å². The summed E-state index contributed by atoms with van der Waals surface area (Å²) in [5.41, 5.74) is -1.09. The van der Waals surface area contributed by atoms with E-state index in [0.29, 0.717) is 5.69 Å². The van der Waals surface area contributed by atoms with E-state index >= 15 is 0 Å². The second-order valence-corrected chi connectivity index (χ2v) is 6.72. The Morgan fingerprint density at radius 3 is 2.37 bits per heavy atom. The Morgan fingerprint density at radius 2 is 1.70 bits per heavy atom. The number of imidazole rings is 1. The Kier molecular flexibility index (Phi) is 4.76. The molecule has 0 unspecified atom stereocenters. The number of nitrogens with zero attached hydrogens (tertiary/aromatic N) is 4. The lowest BCUT2D eigenvalue weighted by molar-refractivity contribution is -0.274. The molecule has 13 heteroatoms. The van der Waals surface area contributed by atoms with Crippen molar-refractivity contribution in [3.05, 3.63) is 53.9 Å². The number of rotatable bonds is 4. The SMILES string of the molecule is FC(F)(F)Oc1ccc(Nc2cncc(-c3c(C(F)(F)F)nc4sccn34)n2)cc1. The van der Waals surface area contributed by atoms with Crippen LogP contribution >= 0.6 is 11.3 Å². The number of halogens is 6. The van der Waals surface area contributed by atoms with E-state index in [-0.39, 0.29) is 22.2 Å². The number of anilines is 2. The predicted octanol–water partition coefficient (Wildman–Crippen LogP) is 5.51. The smallest absolute Gasteiger partial charge is 0.406 e. The van der Waals surface area contributed by atoms with Gasteiger partial charge in [-0.1, -0.05) is 0 Å².